The van der Waals surface area contributed by atoms with Gasteiger partial charge in [0.15, 0.2) is 0 Å². The largest absolute Gasteiger partial charge is 0.271 e. The van der Waals surface area contributed by atoms with E-state index in [4.69, 9.17) is 0 Å². The zero-order chi connectivity index (χ0) is 15.2. The van der Waals surface area contributed by atoms with Crippen LogP contribution in [0.15, 0.2) is 58.1 Å². The maximum atomic E-state index is 11.9. The Morgan fingerprint density at radius 3 is 2.52 bits per heavy atom. The molecule has 0 heterocycles. The highest BCUT2D eigenvalue weighted by atomic mass is 79.9. The molecule has 0 aliphatic carbocycles. The first-order valence-electron chi connectivity index (χ1n) is 6.75. The first-order valence-corrected chi connectivity index (χ1v) is 7.54. The minimum Gasteiger partial charge on any atom is -0.267 e. The second kappa shape index (κ2) is 7.18. The van der Waals surface area contributed by atoms with Gasteiger partial charge < -0.3 is 0 Å². The van der Waals surface area contributed by atoms with E-state index in [-0.39, 0.29) is 5.91 Å². The van der Waals surface area contributed by atoms with Crippen LogP contribution in [-0.2, 0) is 0 Å². The fraction of sp³-hybridized carbons (Fsp3) is 0.176. The Balaban J connectivity index is 1.97. The summed E-state index contributed by atoms with van der Waals surface area (Å²) in [6.07, 6.45) is 1.64. The molecule has 0 radical (unpaired) electrons. The number of hydrazone groups is 1. The topological polar surface area (TPSA) is 41.5 Å². The minimum absolute atomic E-state index is 0.230. The van der Waals surface area contributed by atoms with Crippen molar-refractivity contribution in [1.82, 2.24) is 5.43 Å². The number of hydrogen-bond acceptors (Lipinski definition) is 2. The number of amides is 1. The van der Waals surface area contributed by atoms with E-state index in [1.165, 1.54) is 5.56 Å². The van der Waals surface area contributed by atoms with Crippen molar-refractivity contribution in [3.63, 3.8) is 0 Å². The van der Waals surface area contributed by atoms with Gasteiger partial charge in [-0.1, -0.05) is 60.1 Å². The maximum Gasteiger partial charge on any atom is 0.271 e. The Labute approximate surface area is 133 Å². The molecule has 21 heavy (non-hydrogen) atoms. The molecule has 0 spiro atoms. The summed E-state index contributed by atoms with van der Waals surface area (Å²) in [4.78, 5) is 11.9. The first kappa shape index (κ1) is 15.4. The van der Waals surface area contributed by atoms with Gasteiger partial charge in [-0.3, -0.25) is 4.79 Å². The lowest BCUT2D eigenvalue weighted by Crippen LogP contribution is -2.17. The molecule has 3 nitrogen and oxygen atoms in total. The molecule has 0 bridgehead atoms. The van der Waals surface area contributed by atoms with Gasteiger partial charge >= 0.3 is 0 Å². The Morgan fingerprint density at radius 2 is 1.90 bits per heavy atom. The number of halogens is 1. The van der Waals surface area contributed by atoms with E-state index in [0.29, 0.717) is 11.5 Å². The second-order valence-corrected chi connectivity index (χ2v) is 5.95. The van der Waals surface area contributed by atoms with Gasteiger partial charge in [0.2, 0.25) is 0 Å². The summed E-state index contributed by atoms with van der Waals surface area (Å²) >= 11 is 3.34. The summed E-state index contributed by atoms with van der Waals surface area (Å²) < 4.78 is 0.864. The van der Waals surface area contributed by atoms with Crippen molar-refractivity contribution in [3.05, 3.63) is 69.7 Å². The number of nitrogens with one attached hydrogen (secondary N) is 1. The van der Waals surface area contributed by atoms with Crippen LogP contribution in [0.25, 0.3) is 0 Å². The lowest BCUT2D eigenvalue weighted by molar-refractivity contribution is 0.0955. The van der Waals surface area contributed by atoms with E-state index in [1.807, 2.05) is 24.3 Å². The Bertz CT molecular complexity index is 648. The minimum atomic E-state index is -0.230. The molecule has 0 aromatic heterocycles. The highest BCUT2D eigenvalue weighted by molar-refractivity contribution is 9.10. The highest BCUT2D eigenvalue weighted by Gasteiger charge is 2.03. The summed E-state index contributed by atoms with van der Waals surface area (Å²) in [5, 5.41) is 3.98. The summed E-state index contributed by atoms with van der Waals surface area (Å²) in [6.45, 7) is 4.31. The molecule has 2 aromatic carbocycles. The molecule has 1 amide bonds. The zero-order valence-corrected chi connectivity index (χ0v) is 13.6. The zero-order valence-electron chi connectivity index (χ0n) is 12.0. The normalized spacial score (nSPS) is 11.0. The fourth-order valence-electron chi connectivity index (χ4n) is 1.83. The van der Waals surface area contributed by atoms with Crippen LogP contribution < -0.4 is 5.43 Å². The summed E-state index contributed by atoms with van der Waals surface area (Å²) in [7, 11) is 0. The van der Waals surface area contributed by atoms with Crippen molar-refractivity contribution in [2.24, 2.45) is 5.10 Å². The standard InChI is InChI=1S/C17H17BrN2O/c1-12(2)14-8-6-13(7-9-14)11-19-20-17(21)15-4-3-5-16(18)10-15/h3-12H,1-2H3,(H,20,21)/b19-11+. The Kier molecular flexibility index (Phi) is 5.28. The molecule has 4 heteroatoms. The van der Waals surface area contributed by atoms with Gasteiger partial charge in [-0.15, -0.1) is 0 Å². The monoisotopic (exact) mass is 344 g/mol. The quantitative estimate of drug-likeness (QED) is 0.650. The molecule has 0 atom stereocenters. The van der Waals surface area contributed by atoms with Crippen LogP contribution in [0.4, 0.5) is 0 Å². The molecule has 0 saturated heterocycles. The lowest BCUT2D eigenvalue weighted by atomic mass is 10.0. The van der Waals surface area contributed by atoms with E-state index in [9.17, 15) is 4.79 Å². The Hall–Kier alpha value is -1.94. The average molecular weight is 345 g/mol. The molecule has 108 valence electrons. The second-order valence-electron chi connectivity index (χ2n) is 5.03. The number of carbonyl (C=O) groups is 1. The predicted molar refractivity (Wildman–Crippen MR) is 89.7 cm³/mol. The molecule has 0 unspecified atom stereocenters. The van der Waals surface area contributed by atoms with E-state index >= 15 is 0 Å². The van der Waals surface area contributed by atoms with Crippen LogP contribution in [0.1, 0.15) is 41.3 Å². The van der Waals surface area contributed by atoms with Crippen molar-refractivity contribution in [3.8, 4) is 0 Å². The summed E-state index contributed by atoms with van der Waals surface area (Å²) in [5.74, 6) is 0.276. The van der Waals surface area contributed by atoms with Crippen molar-refractivity contribution in [1.29, 1.82) is 0 Å². The average Bonchev–Trinajstić information content (AvgIpc) is 2.47. The smallest absolute Gasteiger partial charge is 0.267 e. The highest BCUT2D eigenvalue weighted by Crippen LogP contribution is 2.14. The van der Waals surface area contributed by atoms with Crippen LogP contribution in [-0.4, -0.2) is 12.1 Å². The maximum absolute atomic E-state index is 11.9. The summed E-state index contributed by atoms with van der Waals surface area (Å²) in [5.41, 5.74) is 5.32. The SMILES string of the molecule is CC(C)c1ccc(/C=N/NC(=O)c2cccc(Br)c2)cc1. The van der Waals surface area contributed by atoms with Crippen LogP contribution in [0.3, 0.4) is 0 Å². The number of benzene rings is 2. The Morgan fingerprint density at radius 1 is 1.19 bits per heavy atom. The number of rotatable bonds is 4. The van der Waals surface area contributed by atoms with Crippen molar-refractivity contribution in [2.75, 3.05) is 0 Å². The fourth-order valence-corrected chi connectivity index (χ4v) is 2.23. The predicted octanol–water partition coefficient (Wildman–Crippen LogP) is 4.34. The third kappa shape index (κ3) is 4.53. The van der Waals surface area contributed by atoms with Gasteiger partial charge in [0.05, 0.1) is 6.21 Å². The van der Waals surface area contributed by atoms with Crippen LogP contribution in [0, 0.1) is 0 Å². The molecule has 0 aliphatic heterocycles. The van der Waals surface area contributed by atoms with E-state index in [0.717, 1.165) is 10.0 Å². The molecule has 2 aromatic rings. The number of hydrogen-bond donors (Lipinski definition) is 1. The van der Waals surface area contributed by atoms with Crippen molar-refractivity contribution in [2.45, 2.75) is 19.8 Å². The molecule has 1 N–H and O–H groups in total. The van der Waals surface area contributed by atoms with Gasteiger partial charge in [-0.05, 0) is 35.2 Å². The van der Waals surface area contributed by atoms with Gasteiger partial charge in [-0.25, -0.2) is 5.43 Å². The van der Waals surface area contributed by atoms with Crippen molar-refractivity contribution < 1.29 is 4.79 Å². The first-order chi connectivity index (χ1) is 10.1. The number of carbonyl (C=O) groups excluding carboxylic acids is 1. The van der Waals surface area contributed by atoms with Crippen LogP contribution in [0.5, 0.6) is 0 Å². The van der Waals surface area contributed by atoms with Gasteiger partial charge in [-0.2, -0.15) is 5.10 Å². The molecule has 0 aliphatic rings. The number of nitrogens with zero attached hydrogens (tertiary/aromatic N) is 1. The van der Waals surface area contributed by atoms with E-state index < -0.39 is 0 Å². The van der Waals surface area contributed by atoms with Crippen LogP contribution >= 0.6 is 15.9 Å². The molecule has 0 fully saturated rings. The van der Waals surface area contributed by atoms with Crippen LogP contribution in [0.2, 0.25) is 0 Å². The van der Waals surface area contributed by atoms with E-state index in [1.54, 1.807) is 18.3 Å². The lowest BCUT2D eigenvalue weighted by Gasteiger charge is -2.04. The van der Waals surface area contributed by atoms with E-state index in [2.05, 4.69) is 52.4 Å². The summed E-state index contributed by atoms with van der Waals surface area (Å²) in [6, 6.07) is 15.3. The molecule has 2 rings (SSSR count). The molecular formula is C17H17BrN2O. The molecular weight excluding hydrogens is 328 g/mol. The van der Waals surface area contributed by atoms with Crippen molar-refractivity contribution >= 4 is 28.1 Å². The third-order valence-corrected chi connectivity index (χ3v) is 3.56. The molecule has 0 saturated carbocycles. The van der Waals surface area contributed by atoms with Gasteiger partial charge in [0, 0.05) is 10.0 Å². The van der Waals surface area contributed by atoms with Gasteiger partial charge in [0.1, 0.15) is 0 Å². The third-order valence-electron chi connectivity index (χ3n) is 3.07. The van der Waals surface area contributed by atoms with Gasteiger partial charge in [0.25, 0.3) is 5.91 Å².